The average molecular weight is 360 g/mol. The largest absolute Gasteiger partial charge is 0.344 e. The fraction of sp³-hybridized carbons (Fsp3) is 0.286. The Kier molecular flexibility index (Phi) is 4.53. The van der Waals surface area contributed by atoms with Gasteiger partial charge in [0, 0.05) is 18.2 Å². The number of nitrogens with one attached hydrogen (secondary N) is 2. The van der Waals surface area contributed by atoms with Crippen molar-refractivity contribution >= 4 is 29.0 Å². The molecule has 0 unspecified atom stereocenters. The van der Waals surface area contributed by atoms with Crippen molar-refractivity contribution in [1.82, 2.24) is 14.8 Å². The van der Waals surface area contributed by atoms with Crippen LogP contribution < -0.4 is 11.0 Å². The van der Waals surface area contributed by atoms with E-state index in [1.54, 1.807) is 0 Å². The molecule has 0 radical (unpaired) electrons. The topological polar surface area (TPSA) is 147 Å². The Hall–Kier alpha value is -3.13. The predicted octanol–water partition coefficient (Wildman–Crippen LogP) is 1.42. The minimum atomic E-state index is -0.614. The summed E-state index contributed by atoms with van der Waals surface area (Å²) in [5.41, 5.74) is -0.330. The third-order valence-electron chi connectivity index (χ3n) is 3.52. The van der Waals surface area contributed by atoms with Crippen molar-refractivity contribution in [3.05, 3.63) is 44.4 Å². The SMILES string of the molecule is N#Cc1cc([N+](=O)[O-])ccc1NC(=O)CSc1n[nH]c(=O)n1C1CC1. The standard InChI is InChI=1S/C14H12N6O4S/c15-6-8-5-10(20(23)24)3-4-11(8)16-12(21)7-25-14-18-17-13(22)19(14)9-1-2-9/h3-5,9H,1-2,7H2,(H,16,21)(H,17,22). The van der Waals surface area contributed by atoms with Crippen LogP contribution in [0.2, 0.25) is 0 Å². The van der Waals surface area contributed by atoms with E-state index in [9.17, 15) is 19.7 Å². The second kappa shape index (κ2) is 6.78. The molecule has 1 fully saturated rings. The van der Waals surface area contributed by atoms with E-state index in [2.05, 4.69) is 15.5 Å². The number of carbonyl (C=O) groups is 1. The molecule has 25 heavy (non-hydrogen) atoms. The fourth-order valence-electron chi connectivity index (χ4n) is 2.21. The molecule has 1 aromatic heterocycles. The number of amides is 1. The molecule has 1 aliphatic rings. The average Bonchev–Trinajstić information content (AvgIpc) is 3.36. The van der Waals surface area contributed by atoms with E-state index in [4.69, 9.17) is 5.26 Å². The number of carbonyl (C=O) groups excluding carboxylic acids is 1. The van der Waals surface area contributed by atoms with E-state index < -0.39 is 10.8 Å². The summed E-state index contributed by atoms with van der Waals surface area (Å²) in [5, 5.41) is 29.0. The molecule has 3 rings (SSSR count). The second-order valence-corrected chi connectivity index (χ2v) is 6.29. The van der Waals surface area contributed by atoms with Crippen molar-refractivity contribution < 1.29 is 9.72 Å². The molecule has 0 bridgehead atoms. The maximum Gasteiger partial charge on any atom is 0.344 e. The summed E-state index contributed by atoms with van der Waals surface area (Å²) in [6, 6.07) is 5.57. The number of non-ortho nitro benzene ring substituents is 1. The summed E-state index contributed by atoms with van der Waals surface area (Å²) in [6.45, 7) is 0. The molecule has 2 N–H and O–H groups in total. The monoisotopic (exact) mass is 360 g/mol. The summed E-state index contributed by atoms with van der Waals surface area (Å²) in [5.74, 6) is -0.424. The molecule has 0 atom stereocenters. The van der Waals surface area contributed by atoms with Gasteiger partial charge in [0.15, 0.2) is 5.16 Å². The summed E-state index contributed by atoms with van der Waals surface area (Å²) in [7, 11) is 0. The van der Waals surface area contributed by atoms with Gasteiger partial charge in [0.2, 0.25) is 5.91 Å². The van der Waals surface area contributed by atoms with Crippen molar-refractivity contribution in [3.63, 3.8) is 0 Å². The number of aromatic nitrogens is 3. The lowest BCUT2D eigenvalue weighted by Gasteiger charge is -2.07. The highest BCUT2D eigenvalue weighted by molar-refractivity contribution is 7.99. The van der Waals surface area contributed by atoms with Gasteiger partial charge in [0.05, 0.1) is 21.9 Å². The van der Waals surface area contributed by atoms with Crippen LogP contribution in [-0.4, -0.2) is 31.3 Å². The van der Waals surface area contributed by atoms with Crippen molar-refractivity contribution in [3.8, 4) is 6.07 Å². The Bertz CT molecular complexity index is 940. The van der Waals surface area contributed by atoms with Gasteiger partial charge in [-0.25, -0.2) is 9.89 Å². The third-order valence-corrected chi connectivity index (χ3v) is 4.48. The number of hydrogen-bond donors (Lipinski definition) is 2. The number of rotatable bonds is 6. The van der Waals surface area contributed by atoms with Crippen LogP contribution in [0, 0.1) is 21.4 Å². The van der Waals surface area contributed by atoms with Crippen LogP contribution in [0.25, 0.3) is 0 Å². The van der Waals surface area contributed by atoms with Crippen molar-refractivity contribution in [2.75, 3.05) is 11.1 Å². The molecule has 1 saturated carbocycles. The lowest BCUT2D eigenvalue weighted by Crippen LogP contribution is -2.18. The Balaban J connectivity index is 1.66. The molecular weight excluding hydrogens is 348 g/mol. The highest BCUT2D eigenvalue weighted by Crippen LogP contribution is 2.36. The Morgan fingerprint density at radius 1 is 1.56 bits per heavy atom. The lowest BCUT2D eigenvalue weighted by atomic mass is 10.1. The first kappa shape index (κ1) is 16.7. The number of H-pyrrole nitrogens is 1. The lowest BCUT2D eigenvalue weighted by molar-refractivity contribution is -0.384. The normalized spacial score (nSPS) is 13.2. The summed E-state index contributed by atoms with van der Waals surface area (Å²) in [6.07, 6.45) is 1.82. The van der Waals surface area contributed by atoms with Gasteiger partial charge < -0.3 is 5.32 Å². The van der Waals surface area contributed by atoms with Gasteiger partial charge in [0.1, 0.15) is 6.07 Å². The first-order valence-corrected chi connectivity index (χ1v) is 8.26. The molecule has 2 aromatic rings. The molecule has 10 nitrogen and oxygen atoms in total. The minimum Gasteiger partial charge on any atom is -0.324 e. The van der Waals surface area contributed by atoms with Gasteiger partial charge >= 0.3 is 5.69 Å². The first-order chi connectivity index (χ1) is 12.0. The number of nitro groups is 1. The Labute approximate surface area is 145 Å². The smallest absolute Gasteiger partial charge is 0.324 e. The maximum absolute atomic E-state index is 12.1. The Morgan fingerprint density at radius 2 is 2.32 bits per heavy atom. The van der Waals surface area contributed by atoms with E-state index in [0.717, 1.165) is 30.7 Å². The van der Waals surface area contributed by atoms with Crippen LogP contribution in [-0.2, 0) is 4.79 Å². The number of thioether (sulfide) groups is 1. The van der Waals surface area contributed by atoms with Crippen molar-refractivity contribution in [2.45, 2.75) is 24.0 Å². The number of anilines is 1. The molecule has 1 aromatic carbocycles. The summed E-state index contributed by atoms with van der Waals surface area (Å²) < 4.78 is 1.53. The van der Waals surface area contributed by atoms with Gasteiger partial charge in [-0.1, -0.05) is 11.8 Å². The van der Waals surface area contributed by atoms with Crippen LogP contribution in [0.15, 0.2) is 28.2 Å². The van der Waals surface area contributed by atoms with E-state index in [-0.39, 0.29) is 34.4 Å². The number of benzene rings is 1. The predicted molar refractivity (Wildman–Crippen MR) is 88.3 cm³/mol. The fourth-order valence-corrected chi connectivity index (χ4v) is 3.02. The Morgan fingerprint density at radius 3 is 2.96 bits per heavy atom. The second-order valence-electron chi connectivity index (χ2n) is 5.35. The molecule has 128 valence electrons. The molecule has 0 aliphatic heterocycles. The van der Waals surface area contributed by atoms with Gasteiger partial charge in [-0.3, -0.25) is 19.5 Å². The molecule has 1 aliphatic carbocycles. The number of hydrogen-bond acceptors (Lipinski definition) is 7. The van der Waals surface area contributed by atoms with E-state index >= 15 is 0 Å². The molecule has 1 amide bonds. The van der Waals surface area contributed by atoms with Crippen LogP contribution in [0.4, 0.5) is 11.4 Å². The maximum atomic E-state index is 12.1. The zero-order chi connectivity index (χ0) is 18.0. The number of nitro benzene ring substituents is 1. The molecule has 0 spiro atoms. The third kappa shape index (κ3) is 3.69. The molecule has 0 saturated heterocycles. The van der Waals surface area contributed by atoms with Crippen LogP contribution in [0.1, 0.15) is 24.4 Å². The zero-order valence-corrected chi connectivity index (χ0v) is 13.6. The van der Waals surface area contributed by atoms with Crippen LogP contribution in [0.3, 0.4) is 0 Å². The van der Waals surface area contributed by atoms with Gasteiger partial charge in [0.25, 0.3) is 5.69 Å². The van der Waals surface area contributed by atoms with E-state index in [0.29, 0.717) is 5.16 Å². The quantitative estimate of drug-likeness (QED) is 0.450. The van der Waals surface area contributed by atoms with Gasteiger partial charge in [-0.15, -0.1) is 5.10 Å². The molecule has 11 heteroatoms. The van der Waals surface area contributed by atoms with Gasteiger partial charge in [-0.05, 0) is 18.9 Å². The van der Waals surface area contributed by atoms with E-state index in [1.165, 1.54) is 16.7 Å². The summed E-state index contributed by atoms with van der Waals surface area (Å²) in [4.78, 5) is 33.9. The first-order valence-electron chi connectivity index (χ1n) is 7.27. The van der Waals surface area contributed by atoms with Crippen molar-refractivity contribution in [2.24, 2.45) is 0 Å². The zero-order valence-electron chi connectivity index (χ0n) is 12.8. The number of nitriles is 1. The highest BCUT2D eigenvalue weighted by atomic mass is 32.2. The molecule has 1 heterocycles. The van der Waals surface area contributed by atoms with Crippen LogP contribution in [0.5, 0.6) is 0 Å². The number of nitrogens with zero attached hydrogens (tertiary/aromatic N) is 4. The summed E-state index contributed by atoms with van der Waals surface area (Å²) >= 11 is 1.10. The van der Waals surface area contributed by atoms with Crippen molar-refractivity contribution in [1.29, 1.82) is 5.26 Å². The molecular formula is C14H12N6O4S. The van der Waals surface area contributed by atoms with Gasteiger partial charge in [-0.2, -0.15) is 5.26 Å². The highest BCUT2D eigenvalue weighted by Gasteiger charge is 2.28. The minimum absolute atomic E-state index is 0.00204. The van der Waals surface area contributed by atoms with Crippen LogP contribution >= 0.6 is 11.8 Å². The van der Waals surface area contributed by atoms with E-state index in [1.807, 2.05) is 6.07 Å². The number of aromatic amines is 1.